The Labute approximate surface area is 94.6 Å². The van der Waals surface area contributed by atoms with Gasteiger partial charge in [-0.15, -0.1) is 0 Å². The molecule has 0 amide bonds. The monoisotopic (exact) mass is 216 g/mol. The number of unbranched alkanes of at least 4 members (excludes halogenated alkanes) is 1. The first kappa shape index (κ1) is 11.9. The maximum atomic E-state index is 8.71. The first-order chi connectivity index (χ1) is 7.81. The average Bonchev–Trinajstić information content (AvgIpc) is 2.34. The largest absolute Gasteiger partial charge is 0.493 e. The molecule has 4 nitrogen and oxygen atoms in total. The number of benzene rings is 1. The third-order valence-electron chi connectivity index (χ3n) is 1.98. The molecule has 4 heteroatoms. The maximum absolute atomic E-state index is 8.71. The van der Waals surface area contributed by atoms with E-state index in [-0.39, 0.29) is 0 Å². The van der Waals surface area contributed by atoms with Crippen LogP contribution in [0.4, 0.5) is 0 Å². The SMILES string of the molecule is COc1cc(C#N)ccc1OCCCC#N. The van der Waals surface area contributed by atoms with E-state index in [1.54, 1.807) is 18.2 Å². The summed E-state index contributed by atoms with van der Waals surface area (Å²) in [6.07, 6.45) is 1.15. The van der Waals surface area contributed by atoms with E-state index in [0.717, 1.165) is 0 Å². The molecule has 0 unspecified atom stereocenters. The van der Waals surface area contributed by atoms with Crippen LogP contribution in [-0.4, -0.2) is 13.7 Å². The van der Waals surface area contributed by atoms with Gasteiger partial charge in [0.25, 0.3) is 0 Å². The summed E-state index contributed by atoms with van der Waals surface area (Å²) in [5.74, 6) is 1.13. The van der Waals surface area contributed by atoms with E-state index >= 15 is 0 Å². The zero-order valence-corrected chi connectivity index (χ0v) is 9.06. The Morgan fingerprint density at radius 3 is 2.69 bits per heavy atom. The molecule has 0 atom stereocenters. The average molecular weight is 216 g/mol. The molecular weight excluding hydrogens is 204 g/mol. The van der Waals surface area contributed by atoms with E-state index in [1.165, 1.54) is 7.11 Å². The summed E-state index contributed by atoms with van der Waals surface area (Å²) >= 11 is 0. The number of hydrogen-bond acceptors (Lipinski definition) is 4. The predicted molar refractivity (Wildman–Crippen MR) is 58.1 cm³/mol. The first-order valence-corrected chi connectivity index (χ1v) is 4.89. The summed E-state index contributed by atoms with van der Waals surface area (Å²) in [5, 5.41) is 17.1. The van der Waals surface area contributed by atoms with Crippen molar-refractivity contribution in [1.29, 1.82) is 10.5 Å². The van der Waals surface area contributed by atoms with Gasteiger partial charge in [0.05, 0.1) is 31.4 Å². The van der Waals surface area contributed by atoms with Crippen LogP contribution in [0.15, 0.2) is 18.2 Å². The number of nitrogens with zero attached hydrogens (tertiary/aromatic N) is 2. The molecule has 0 saturated carbocycles. The zero-order valence-electron chi connectivity index (χ0n) is 9.06. The fraction of sp³-hybridized carbons (Fsp3) is 0.333. The Morgan fingerprint density at radius 2 is 2.06 bits per heavy atom. The third kappa shape index (κ3) is 3.18. The molecular formula is C12H12N2O2. The molecule has 0 aromatic heterocycles. The van der Waals surface area contributed by atoms with Gasteiger partial charge in [-0.2, -0.15) is 10.5 Å². The molecule has 0 aliphatic heterocycles. The van der Waals surface area contributed by atoms with E-state index in [2.05, 4.69) is 0 Å². The lowest BCUT2D eigenvalue weighted by Gasteiger charge is -2.09. The minimum Gasteiger partial charge on any atom is -0.493 e. The lowest BCUT2D eigenvalue weighted by Crippen LogP contribution is -1.99. The van der Waals surface area contributed by atoms with Crippen LogP contribution in [0.2, 0.25) is 0 Å². The Hall–Kier alpha value is -2.20. The third-order valence-corrected chi connectivity index (χ3v) is 1.98. The lowest BCUT2D eigenvalue weighted by atomic mass is 10.2. The summed E-state index contributed by atoms with van der Waals surface area (Å²) in [5.41, 5.74) is 0.529. The van der Waals surface area contributed by atoms with Crippen molar-refractivity contribution in [2.24, 2.45) is 0 Å². The van der Waals surface area contributed by atoms with Crippen molar-refractivity contribution >= 4 is 0 Å². The van der Waals surface area contributed by atoms with Crippen molar-refractivity contribution in [1.82, 2.24) is 0 Å². The molecule has 0 aliphatic carbocycles. The molecule has 1 rings (SSSR count). The molecule has 0 heterocycles. The van der Waals surface area contributed by atoms with Crippen LogP contribution in [-0.2, 0) is 0 Å². The summed E-state index contributed by atoms with van der Waals surface area (Å²) in [6, 6.07) is 9.06. The second kappa shape index (κ2) is 6.31. The van der Waals surface area contributed by atoms with Crippen LogP contribution >= 0.6 is 0 Å². The lowest BCUT2D eigenvalue weighted by molar-refractivity contribution is 0.290. The van der Waals surface area contributed by atoms with Crippen LogP contribution in [0.1, 0.15) is 18.4 Å². The van der Waals surface area contributed by atoms with Gasteiger partial charge in [0, 0.05) is 12.5 Å². The molecule has 0 N–H and O–H groups in total. The van der Waals surface area contributed by atoms with E-state index in [4.69, 9.17) is 20.0 Å². The van der Waals surface area contributed by atoms with Crippen molar-refractivity contribution in [2.75, 3.05) is 13.7 Å². The Morgan fingerprint density at radius 1 is 1.25 bits per heavy atom. The fourth-order valence-electron chi connectivity index (χ4n) is 1.19. The highest BCUT2D eigenvalue weighted by Crippen LogP contribution is 2.27. The van der Waals surface area contributed by atoms with Crippen LogP contribution in [0.25, 0.3) is 0 Å². The quantitative estimate of drug-likeness (QED) is 0.708. The smallest absolute Gasteiger partial charge is 0.162 e. The van der Waals surface area contributed by atoms with Crippen LogP contribution in [0, 0.1) is 22.7 Å². The second-order valence-electron chi connectivity index (χ2n) is 3.09. The number of rotatable bonds is 5. The molecule has 0 aliphatic rings. The summed E-state index contributed by atoms with van der Waals surface area (Å²) in [7, 11) is 1.53. The summed E-state index contributed by atoms with van der Waals surface area (Å²) < 4.78 is 10.5. The maximum Gasteiger partial charge on any atom is 0.162 e. The van der Waals surface area contributed by atoms with Crippen molar-refractivity contribution in [3.8, 4) is 23.6 Å². The number of nitriles is 2. The van der Waals surface area contributed by atoms with Gasteiger partial charge in [-0.3, -0.25) is 0 Å². The van der Waals surface area contributed by atoms with Crippen LogP contribution in [0.3, 0.4) is 0 Å². The topological polar surface area (TPSA) is 66.0 Å². The molecule has 82 valence electrons. The number of methoxy groups -OCH3 is 1. The number of hydrogen-bond donors (Lipinski definition) is 0. The van der Waals surface area contributed by atoms with E-state index < -0.39 is 0 Å². The minimum absolute atomic E-state index is 0.468. The first-order valence-electron chi connectivity index (χ1n) is 4.89. The van der Waals surface area contributed by atoms with E-state index in [1.807, 2.05) is 12.1 Å². The highest BCUT2D eigenvalue weighted by atomic mass is 16.5. The molecule has 1 aromatic carbocycles. The minimum atomic E-state index is 0.468. The van der Waals surface area contributed by atoms with Crippen molar-refractivity contribution < 1.29 is 9.47 Å². The predicted octanol–water partition coefficient (Wildman–Crippen LogP) is 2.25. The van der Waals surface area contributed by atoms with Gasteiger partial charge in [0.1, 0.15) is 0 Å². The summed E-state index contributed by atoms with van der Waals surface area (Å²) in [4.78, 5) is 0. The van der Waals surface area contributed by atoms with E-state index in [0.29, 0.717) is 36.5 Å². The molecule has 0 spiro atoms. The number of ether oxygens (including phenoxy) is 2. The Balaban J connectivity index is 2.66. The van der Waals surface area contributed by atoms with Gasteiger partial charge >= 0.3 is 0 Å². The van der Waals surface area contributed by atoms with E-state index in [9.17, 15) is 0 Å². The molecule has 0 fully saturated rings. The highest BCUT2D eigenvalue weighted by molar-refractivity contribution is 5.46. The van der Waals surface area contributed by atoms with Gasteiger partial charge in [-0.05, 0) is 18.6 Å². The van der Waals surface area contributed by atoms with Crippen molar-refractivity contribution in [3.63, 3.8) is 0 Å². The Bertz CT molecular complexity index is 430. The van der Waals surface area contributed by atoms with Gasteiger partial charge in [-0.25, -0.2) is 0 Å². The van der Waals surface area contributed by atoms with Gasteiger partial charge in [-0.1, -0.05) is 0 Å². The van der Waals surface area contributed by atoms with Crippen LogP contribution < -0.4 is 9.47 Å². The van der Waals surface area contributed by atoms with Crippen molar-refractivity contribution in [2.45, 2.75) is 12.8 Å². The molecule has 1 aromatic rings. The second-order valence-corrected chi connectivity index (χ2v) is 3.09. The van der Waals surface area contributed by atoms with Gasteiger partial charge in [0.15, 0.2) is 11.5 Å². The normalized spacial score (nSPS) is 8.94. The van der Waals surface area contributed by atoms with Crippen LogP contribution in [0.5, 0.6) is 11.5 Å². The molecule has 16 heavy (non-hydrogen) atoms. The molecule has 0 radical (unpaired) electrons. The molecule has 0 saturated heterocycles. The highest BCUT2D eigenvalue weighted by Gasteiger charge is 2.05. The van der Waals surface area contributed by atoms with Gasteiger partial charge in [0.2, 0.25) is 0 Å². The van der Waals surface area contributed by atoms with Crippen molar-refractivity contribution in [3.05, 3.63) is 23.8 Å². The van der Waals surface area contributed by atoms with Gasteiger partial charge < -0.3 is 9.47 Å². The standard InChI is InChI=1S/C12H12N2O2/c1-15-12-8-10(9-14)4-5-11(12)16-7-3-2-6-13/h4-5,8H,2-3,7H2,1H3. The molecule has 0 bridgehead atoms. The fourth-order valence-corrected chi connectivity index (χ4v) is 1.19. The Kier molecular flexibility index (Phi) is 4.69. The zero-order chi connectivity index (χ0) is 11.8. The summed E-state index contributed by atoms with van der Waals surface area (Å²) in [6.45, 7) is 0.468.